The van der Waals surface area contributed by atoms with Crippen molar-refractivity contribution in [3.8, 4) is 0 Å². The third-order valence-corrected chi connectivity index (χ3v) is 2.77. The molecular weight excluding hydrogens is 164 g/mol. The number of carbonyl (C=O) groups excluding carboxylic acids is 1. The van der Waals surface area contributed by atoms with Crippen LogP contribution in [-0.2, 0) is 4.79 Å². The predicted molar refractivity (Wildman–Crippen MR) is 53.1 cm³/mol. The van der Waals surface area contributed by atoms with Crippen LogP contribution >= 0.6 is 0 Å². The second-order valence-corrected chi connectivity index (χ2v) is 4.32. The van der Waals surface area contributed by atoms with E-state index in [2.05, 4.69) is 12.2 Å². The lowest BCUT2D eigenvalue weighted by Crippen LogP contribution is -2.28. The number of amides is 1. The fourth-order valence-electron chi connectivity index (χ4n) is 1.40. The summed E-state index contributed by atoms with van der Waals surface area (Å²) in [5.41, 5.74) is 5.43. The molecule has 13 heavy (non-hydrogen) atoms. The topological polar surface area (TPSA) is 55.1 Å². The molecule has 0 saturated heterocycles. The summed E-state index contributed by atoms with van der Waals surface area (Å²) in [5, 5.41) is 2.95. The zero-order valence-corrected chi connectivity index (χ0v) is 8.55. The van der Waals surface area contributed by atoms with E-state index in [4.69, 9.17) is 5.73 Å². The minimum atomic E-state index is 0.150. The second kappa shape index (κ2) is 4.61. The van der Waals surface area contributed by atoms with Gasteiger partial charge in [0.1, 0.15) is 0 Å². The van der Waals surface area contributed by atoms with E-state index in [1.807, 2.05) is 6.92 Å². The molecule has 3 nitrogen and oxygen atoms in total. The summed E-state index contributed by atoms with van der Waals surface area (Å²) in [6.07, 6.45) is 1.84. The summed E-state index contributed by atoms with van der Waals surface area (Å²) in [4.78, 5) is 11.3. The van der Waals surface area contributed by atoms with Crippen LogP contribution in [0, 0.1) is 17.8 Å². The Morgan fingerprint density at radius 2 is 2.31 bits per heavy atom. The van der Waals surface area contributed by atoms with Gasteiger partial charge in [-0.25, -0.2) is 0 Å². The summed E-state index contributed by atoms with van der Waals surface area (Å²) >= 11 is 0. The van der Waals surface area contributed by atoms with Crippen molar-refractivity contribution in [2.45, 2.75) is 26.7 Å². The van der Waals surface area contributed by atoms with Crippen molar-refractivity contribution in [2.75, 3.05) is 13.1 Å². The zero-order chi connectivity index (χ0) is 9.84. The van der Waals surface area contributed by atoms with Crippen molar-refractivity contribution < 1.29 is 4.79 Å². The Labute approximate surface area is 80.1 Å². The molecule has 3 heteroatoms. The largest absolute Gasteiger partial charge is 0.356 e. The van der Waals surface area contributed by atoms with Gasteiger partial charge in [0.2, 0.25) is 5.91 Å². The Morgan fingerprint density at radius 1 is 1.69 bits per heavy atom. The molecule has 3 N–H and O–H groups in total. The lowest BCUT2D eigenvalue weighted by atomic mass is 10.1. The maximum atomic E-state index is 11.3. The highest BCUT2D eigenvalue weighted by Crippen LogP contribution is 2.36. The molecule has 0 spiro atoms. The van der Waals surface area contributed by atoms with Gasteiger partial charge in [-0.1, -0.05) is 13.8 Å². The van der Waals surface area contributed by atoms with E-state index >= 15 is 0 Å². The highest BCUT2D eigenvalue weighted by atomic mass is 16.1. The summed E-state index contributed by atoms with van der Waals surface area (Å²) in [7, 11) is 0. The van der Waals surface area contributed by atoms with Crippen LogP contribution in [0.4, 0.5) is 0 Å². The molecule has 1 aliphatic carbocycles. The first-order chi connectivity index (χ1) is 6.13. The van der Waals surface area contributed by atoms with Crippen LogP contribution in [0.2, 0.25) is 0 Å². The monoisotopic (exact) mass is 184 g/mol. The lowest BCUT2D eigenvalue weighted by molar-refractivity contribution is -0.121. The van der Waals surface area contributed by atoms with Crippen molar-refractivity contribution in [3.63, 3.8) is 0 Å². The quantitative estimate of drug-likeness (QED) is 0.662. The van der Waals surface area contributed by atoms with Gasteiger partial charge >= 0.3 is 0 Å². The minimum Gasteiger partial charge on any atom is -0.356 e. The first-order valence-electron chi connectivity index (χ1n) is 5.10. The van der Waals surface area contributed by atoms with E-state index in [1.165, 1.54) is 6.42 Å². The fraction of sp³-hybridized carbons (Fsp3) is 0.900. The van der Waals surface area contributed by atoms with Gasteiger partial charge in [-0.3, -0.25) is 4.79 Å². The van der Waals surface area contributed by atoms with Crippen molar-refractivity contribution >= 4 is 5.91 Å². The van der Waals surface area contributed by atoms with Gasteiger partial charge in [0.05, 0.1) is 0 Å². The van der Waals surface area contributed by atoms with Crippen LogP contribution in [0.3, 0.4) is 0 Å². The van der Waals surface area contributed by atoms with Gasteiger partial charge in [0.15, 0.2) is 0 Å². The van der Waals surface area contributed by atoms with Crippen LogP contribution < -0.4 is 11.1 Å². The van der Waals surface area contributed by atoms with Crippen LogP contribution in [0.1, 0.15) is 26.7 Å². The van der Waals surface area contributed by atoms with Crippen LogP contribution in [0.15, 0.2) is 0 Å². The molecule has 0 aliphatic heterocycles. The number of carbonyl (C=O) groups is 1. The second-order valence-electron chi connectivity index (χ2n) is 4.32. The molecule has 1 rings (SSSR count). The molecule has 0 aromatic rings. The molecule has 0 heterocycles. The van der Waals surface area contributed by atoms with Crippen molar-refractivity contribution in [2.24, 2.45) is 23.5 Å². The van der Waals surface area contributed by atoms with Gasteiger partial charge in [0, 0.05) is 13.0 Å². The Kier molecular flexibility index (Phi) is 3.72. The molecule has 0 bridgehead atoms. The smallest absolute Gasteiger partial charge is 0.220 e. The lowest BCUT2D eigenvalue weighted by Gasteiger charge is -2.08. The van der Waals surface area contributed by atoms with E-state index in [0.717, 1.165) is 18.4 Å². The number of nitrogens with two attached hydrogens (primary N) is 1. The van der Waals surface area contributed by atoms with Crippen molar-refractivity contribution in [1.82, 2.24) is 5.32 Å². The number of rotatable bonds is 5. The van der Waals surface area contributed by atoms with Gasteiger partial charge in [-0.15, -0.1) is 0 Å². The Hall–Kier alpha value is -0.570. The summed E-state index contributed by atoms with van der Waals surface area (Å²) < 4.78 is 0. The van der Waals surface area contributed by atoms with Gasteiger partial charge < -0.3 is 11.1 Å². The molecule has 1 saturated carbocycles. The van der Waals surface area contributed by atoms with Crippen molar-refractivity contribution in [1.29, 1.82) is 0 Å². The highest BCUT2D eigenvalue weighted by Gasteiger charge is 2.32. The first kappa shape index (κ1) is 10.5. The third-order valence-electron chi connectivity index (χ3n) is 2.77. The average molecular weight is 184 g/mol. The van der Waals surface area contributed by atoms with E-state index < -0.39 is 0 Å². The number of hydrogen-bond acceptors (Lipinski definition) is 2. The Balaban J connectivity index is 2.04. The molecule has 1 aliphatic rings. The number of nitrogens with one attached hydrogen (secondary N) is 1. The van der Waals surface area contributed by atoms with Gasteiger partial charge in [-0.05, 0) is 30.7 Å². The van der Waals surface area contributed by atoms with E-state index in [1.54, 1.807) is 0 Å². The van der Waals surface area contributed by atoms with Crippen LogP contribution in [0.5, 0.6) is 0 Å². The number of hydrogen-bond donors (Lipinski definition) is 2. The molecule has 3 atom stereocenters. The zero-order valence-electron chi connectivity index (χ0n) is 8.55. The molecule has 0 aromatic heterocycles. The maximum absolute atomic E-state index is 11.3. The molecule has 0 radical (unpaired) electrons. The van der Waals surface area contributed by atoms with Crippen LogP contribution in [0.25, 0.3) is 0 Å². The first-order valence-corrected chi connectivity index (χ1v) is 5.10. The minimum absolute atomic E-state index is 0.150. The Morgan fingerprint density at radius 3 is 2.77 bits per heavy atom. The highest BCUT2D eigenvalue weighted by molar-refractivity contribution is 5.76. The fourth-order valence-corrected chi connectivity index (χ4v) is 1.40. The summed E-state index contributed by atoms with van der Waals surface area (Å²) in [5.74, 6) is 2.00. The summed E-state index contributed by atoms with van der Waals surface area (Å²) in [6.45, 7) is 5.67. The normalized spacial score (nSPS) is 28.2. The molecule has 1 fully saturated rings. The average Bonchev–Trinajstić information content (AvgIpc) is 2.78. The molecule has 76 valence electrons. The van der Waals surface area contributed by atoms with Crippen LogP contribution in [-0.4, -0.2) is 19.0 Å². The van der Waals surface area contributed by atoms with Gasteiger partial charge in [-0.2, -0.15) is 0 Å². The molecule has 0 aromatic carbocycles. The standard InChI is InChI=1S/C10H20N2O/c1-7(5-11)3-10(13)12-6-9-4-8(9)2/h7-9H,3-6,11H2,1-2H3,(H,12,13). The van der Waals surface area contributed by atoms with E-state index in [-0.39, 0.29) is 5.91 Å². The summed E-state index contributed by atoms with van der Waals surface area (Å²) in [6, 6.07) is 0. The van der Waals surface area contributed by atoms with E-state index in [9.17, 15) is 4.79 Å². The predicted octanol–water partition coefficient (Wildman–Crippen LogP) is 0.743. The molecular formula is C10H20N2O. The van der Waals surface area contributed by atoms with Gasteiger partial charge in [0.25, 0.3) is 0 Å². The maximum Gasteiger partial charge on any atom is 0.220 e. The Bertz CT molecular complexity index is 182. The molecule has 3 unspecified atom stereocenters. The molecule has 1 amide bonds. The van der Waals surface area contributed by atoms with E-state index in [0.29, 0.717) is 18.9 Å². The SMILES string of the molecule is CC(CN)CC(=O)NCC1CC1C. The third kappa shape index (κ3) is 3.77. The van der Waals surface area contributed by atoms with Crippen molar-refractivity contribution in [3.05, 3.63) is 0 Å².